The predicted octanol–water partition coefficient (Wildman–Crippen LogP) is 1.99. The van der Waals surface area contributed by atoms with Gasteiger partial charge in [0.15, 0.2) is 0 Å². The lowest BCUT2D eigenvalue weighted by molar-refractivity contribution is -0.137. The van der Waals surface area contributed by atoms with E-state index in [0.29, 0.717) is 18.8 Å². The van der Waals surface area contributed by atoms with Crippen LogP contribution >= 0.6 is 11.6 Å². The molecular formula is C13H19ClN2O2. The standard InChI is InChI=1S/C13H19ClN2O2/c1-9-2-3-12(16-5-4-14)7-10(9)6-11(15)8-13(17)18/h2-3,7,11,16H,4-6,8,15H2,1H3,(H,17,18). The number of hydrogen-bond donors (Lipinski definition) is 3. The van der Waals surface area contributed by atoms with Crippen LogP contribution in [0.1, 0.15) is 17.5 Å². The second kappa shape index (κ2) is 7.24. The second-order valence-electron chi connectivity index (χ2n) is 4.32. The predicted molar refractivity (Wildman–Crippen MR) is 74.3 cm³/mol. The van der Waals surface area contributed by atoms with E-state index in [1.54, 1.807) is 0 Å². The van der Waals surface area contributed by atoms with E-state index in [0.717, 1.165) is 16.8 Å². The normalized spacial score (nSPS) is 12.2. The molecule has 1 atom stereocenters. The minimum absolute atomic E-state index is 0.0151. The summed E-state index contributed by atoms with van der Waals surface area (Å²) in [5.74, 6) is -0.321. The van der Waals surface area contributed by atoms with E-state index < -0.39 is 5.97 Å². The Morgan fingerprint density at radius 2 is 2.28 bits per heavy atom. The topological polar surface area (TPSA) is 75.3 Å². The highest BCUT2D eigenvalue weighted by atomic mass is 35.5. The molecule has 0 fully saturated rings. The first-order chi connectivity index (χ1) is 8.52. The quantitative estimate of drug-likeness (QED) is 0.663. The van der Waals surface area contributed by atoms with E-state index in [2.05, 4.69) is 5.32 Å². The highest BCUT2D eigenvalue weighted by Gasteiger charge is 2.10. The van der Waals surface area contributed by atoms with Crippen molar-refractivity contribution in [3.8, 4) is 0 Å². The van der Waals surface area contributed by atoms with Gasteiger partial charge in [-0.1, -0.05) is 6.07 Å². The van der Waals surface area contributed by atoms with Crippen molar-refractivity contribution in [2.45, 2.75) is 25.8 Å². The molecule has 0 saturated carbocycles. The largest absolute Gasteiger partial charge is 0.481 e. The van der Waals surface area contributed by atoms with Gasteiger partial charge in [-0.05, 0) is 36.6 Å². The number of rotatable bonds is 7. The molecule has 1 rings (SSSR count). The number of benzene rings is 1. The van der Waals surface area contributed by atoms with Crippen molar-refractivity contribution in [2.75, 3.05) is 17.7 Å². The molecule has 0 aromatic heterocycles. The van der Waals surface area contributed by atoms with Crippen molar-refractivity contribution in [3.63, 3.8) is 0 Å². The molecule has 0 bridgehead atoms. The fourth-order valence-corrected chi connectivity index (χ4v) is 1.87. The molecule has 0 spiro atoms. The molecule has 1 aromatic carbocycles. The van der Waals surface area contributed by atoms with Crippen molar-refractivity contribution in [1.29, 1.82) is 0 Å². The molecule has 0 heterocycles. The van der Waals surface area contributed by atoms with Gasteiger partial charge in [0.1, 0.15) is 0 Å². The van der Waals surface area contributed by atoms with E-state index in [-0.39, 0.29) is 12.5 Å². The zero-order chi connectivity index (χ0) is 13.5. The van der Waals surface area contributed by atoms with Gasteiger partial charge in [0.2, 0.25) is 0 Å². The van der Waals surface area contributed by atoms with Crippen LogP contribution in [0, 0.1) is 6.92 Å². The van der Waals surface area contributed by atoms with Gasteiger partial charge in [-0.2, -0.15) is 0 Å². The molecule has 0 radical (unpaired) electrons. The van der Waals surface area contributed by atoms with Crippen LogP contribution in [-0.2, 0) is 11.2 Å². The van der Waals surface area contributed by atoms with Crippen LogP contribution in [0.25, 0.3) is 0 Å². The maximum atomic E-state index is 10.6. The number of nitrogens with one attached hydrogen (secondary N) is 1. The lowest BCUT2D eigenvalue weighted by atomic mass is 9.99. The Bertz CT molecular complexity index is 410. The summed E-state index contributed by atoms with van der Waals surface area (Å²) in [6, 6.07) is 5.63. The molecule has 100 valence electrons. The molecule has 0 aliphatic carbocycles. The SMILES string of the molecule is Cc1ccc(NCCCl)cc1CC(N)CC(=O)O. The third-order valence-corrected chi connectivity index (χ3v) is 2.88. The van der Waals surface area contributed by atoms with Crippen molar-refractivity contribution < 1.29 is 9.90 Å². The molecular weight excluding hydrogens is 252 g/mol. The smallest absolute Gasteiger partial charge is 0.304 e. The molecule has 0 saturated heterocycles. The van der Waals surface area contributed by atoms with Crippen LogP contribution in [0.4, 0.5) is 5.69 Å². The average molecular weight is 271 g/mol. The minimum Gasteiger partial charge on any atom is -0.481 e. The van der Waals surface area contributed by atoms with Gasteiger partial charge in [0, 0.05) is 24.2 Å². The first-order valence-electron chi connectivity index (χ1n) is 5.89. The second-order valence-corrected chi connectivity index (χ2v) is 4.70. The first kappa shape index (κ1) is 14.8. The van der Waals surface area contributed by atoms with Gasteiger partial charge in [0.25, 0.3) is 0 Å². The Labute approximate surface area is 112 Å². The summed E-state index contributed by atoms with van der Waals surface area (Å²) in [6.07, 6.45) is 0.549. The van der Waals surface area contributed by atoms with Gasteiger partial charge in [-0.15, -0.1) is 11.6 Å². The van der Waals surface area contributed by atoms with Gasteiger partial charge in [-0.25, -0.2) is 0 Å². The van der Waals surface area contributed by atoms with Crippen LogP contribution in [0.3, 0.4) is 0 Å². The van der Waals surface area contributed by atoms with Crippen LogP contribution < -0.4 is 11.1 Å². The average Bonchev–Trinajstić information content (AvgIpc) is 2.29. The summed E-state index contributed by atoms with van der Waals surface area (Å²) in [6.45, 7) is 2.69. The Kier molecular flexibility index (Phi) is 5.95. The summed E-state index contributed by atoms with van der Waals surface area (Å²) in [5, 5.41) is 11.9. The third kappa shape index (κ3) is 4.94. The van der Waals surface area contributed by atoms with Gasteiger partial charge in [0.05, 0.1) is 6.42 Å². The number of aliphatic carboxylic acids is 1. The Balaban J connectivity index is 2.71. The van der Waals surface area contributed by atoms with Crippen LogP contribution in [0.2, 0.25) is 0 Å². The lowest BCUT2D eigenvalue weighted by Gasteiger charge is -2.13. The van der Waals surface area contributed by atoms with E-state index >= 15 is 0 Å². The highest BCUT2D eigenvalue weighted by Crippen LogP contribution is 2.17. The Morgan fingerprint density at radius 3 is 2.89 bits per heavy atom. The summed E-state index contributed by atoms with van der Waals surface area (Å²) >= 11 is 5.62. The number of hydrogen-bond acceptors (Lipinski definition) is 3. The molecule has 4 N–H and O–H groups in total. The Morgan fingerprint density at radius 1 is 1.56 bits per heavy atom. The summed E-state index contributed by atoms with van der Waals surface area (Å²) in [5.41, 5.74) is 8.98. The summed E-state index contributed by atoms with van der Waals surface area (Å²) in [4.78, 5) is 10.6. The first-order valence-corrected chi connectivity index (χ1v) is 6.43. The van der Waals surface area contributed by atoms with Crippen molar-refractivity contribution in [2.24, 2.45) is 5.73 Å². The van der Waals surface area contributed by atoms with E-state index in [4.69, 9.17) is 22.4 Å². The van der Waals surface area contributed by atoms with Crippen LogP contribution in [0.5, 0.6) is 0 Å². The number of carboxylic acids is 1. The number of carboxylic acid groups (broad SMARTS) is 1. The molecule has 4 nitrogen and oxygen atoms in total. The van der Waals surface area contributed by atoms with Gasteiger partial charge < -0.3 is 16.2 Å². The maximum Gasteiger partial charge on any atom is 0.304 e. The van der Waals surface area contributed by atoms with Crippen LogP contribution in [0.15, 0.2) is 18.2 Å². The molecule has 0 amide bonds. The minimum atomic E-state index is -0.864. The highest BCUT2D eigenvalue weighted by molar-refractivity contribution is 6.18. The number of anilines is 1. The number of alkyl halides is 1. The molecule has 5 heteroatoms. The molecule has 1 aromatic rings. The number of aryl methyl sites for hydroxylation is 1. The number of nitrogens with two attached hydrogens (primary N) is 1. The van der Waals surface area contributed by atoms with Crippen molar-refractivity contribution >= 4 is 23.3 Å². The van der Waals surface area contributed by atoms with E-state index in [1.165, 1.54) is 0 Å². The number of carbonyl (C=O) groups is 1. The summed E-state index contributed by atoms with van der Waals surface area (Å²) < 4.78 is 0. The molecule has 0 aliphatic heterocycles. The van der Waals surface area contributed by atoms with E-state index in [1.807, 2.05) is 25.1 Å². The van der Waals surface area contributed by atoms with Crippen molar-refractivity contribution in [3.05, 3.63) is 29.3 Å². The molecule has 18 heavy (non-hydrogen) atoms. The third-order valence-electron chi connectivity index (χ3n) is 2.69. The fourth-order valence-electron chi connectivity index (χ4n) is 1.77. The zero-order valence-corrected chi connectivity index (χ0v) is 11.2. The lowest BCUT2D eigenvalue weighted by Crippen LogP contribution is -2.26. The van der Waals surface area contributed by atoms with Gasteiger partial charge >= 0.3 is 5.97 Å². The van der Waals surface area contributed by atoms with E-state index in [9.17, 15) is 4.79 Å². The number of halogens is 1. The Hall–Kier alpha value is -1.26. The zero-order valence-electron chi connectivity index (χ0n) is 10.4. The van der Waals surface area contributed by atoms with Gasteiger partial charge in [-0.3, -0.25) is 4.79 Å². The maximum absolute atomic E-state index is 10.6. The van der Waals surface area contributed by atoms with Crippen LogP contribution in [-0.4, -0.2) is 29.5 Å². The van der Waals surface area contributed by atoms with Crippen molar-refractivity contribution in [1.82, 2.24) is 0 Å². The molecule has 1 unspecified atom stereocenters. The fraction of sp³-hybridized carbons (Fsp3) is 0.462. The monoisotopic (exact) mass is 270 g/mol. The molecule has 0 aliphatic rings. The summed E-state index contributed by atoms with van der Waals surface area (Å²) in [7, 11) is 0.